The van der Waals surface area contributed by atoms with E-state index in [1.807, 2.05) is 6.92 Å². The van der Waals surface area contributed by atoms with E-state index in [0.29, 0.717) is 25.7 Å². The molecule has 0 radical (unpaired) electrons. The van der Waals surface area contributed by atoms with Crippen molar-refractivity contribution in [1.82, 2.24) is 5.32 Å². The largest absolute Gasteiger partial charge is 0.360 e. The Kier molecular flexibility index (Phi) is 24.6. The molecule has 0 heterocycles. The summed E-state index contributed by atoms with van der Waals surface area (Å²) in [7, 11) is 3.83. The molecule has 2 N–H and O–H groups in total. The average Bonchev–Trinajstić information content (AvgIpc) is 2.90. The second-order valence-corrected chi connectivity index (χ2v) is 14.5. The third-order valence-electron chi connectivity index (χ3n) is 7.49. The molecule has 0 fully saturated rings. The number of Topliss-reactive ketones (excluding diaryl/α,β-unsaturated/α-hetero) is 1. The molecule has 0 aliphatic carbocycles. The predicted molar refractivity (Wildman–Crippen MR) is 172 cm³/mol. The molecule has 0 saturated carbocycles. The monoisotopic (exact) mass is 599 g/mol. The molecule has 0 aromatic heterocycles. The number of unbranched alkanes of at least 4 members (excludes halogenated alkanes) is 14. The quantitative estimate of drug-likeness (QED) is 0.0519. The van der Waals surface area contributed by atoms with E-state index < -0.39 is 25.2 Å². The van der Waals surface area contributed by atoms with E-state index in [-0.39, 0.29) is 31.0 Å². The molecule has 41 heavy (non-hydrogen) atoms. The van der Waals surface area contributed by atoms with Crippen molar-refractivity contribution >= 4 is 30.9 Å². The van der Waals surface area contributed by atoms with Crippen LogP contribution in [0.3, 0.4) is 0 Å². The number of carbonyl (C=O) groups is 4. The highest BCUT2D eigenvalue weighted by atomic mass is 31.1. The molecule has 0 aliphatic rings. The van der Waals surface area contributed by atoms with Crippen LogP contribution < -0.4 is 5.32 Å². The lowest BCUT2D eigenvalue weighted by Gasteiger charge is -2.23. The smallest absolute Gasteiger partial charge is 0.220 e. The highest BCUT2D eigenvalue weighted by Gasteiger charge is 2.28. The summed E-state index contributed by atoms with van der Waals surface area (Å²) in [6.45, 7) is 5.06. The number of quaternary nitrogens is 1. The summed E-state index contributed by atoms with van der Waals surface area (Å²) in [5, 5.41) is 2.80. The molecular formula is C33H64N2O5P+. The van der Waals surface area contributed by atoms with Crippen LogP contribution in [0.4, 0.5) is 0 Å². The summed E-state index contributed by atoms with van der Waals surface area (Å²) in [4.78, 5) is 60.3. The van der Waals surface area contributed by atoms with Crippen molar-refractivity contribution in [3.05, 3.63) is 0 Å². The van der Waals surface area contributed by atoms with Crippen molar-refractivity contribution in [1.29, 1.82) is 0 Å². The molecular weight excluding hydrogens is 535 g/mol. The summed E-state index contributed by atoms with van der Waals surface area (Å²) in [5.41, 5.74) is -0.971. The normalized spacial score (nSPS) is 13.1. The fraction of sp³-hybridized carbons (Fsp3) is 0.879. The Bertz CT molecular complexity index is 723. The Morgan fingerprint density at radius 3 is 1.59 bits per heavy atom. The Labute approximate surface area is 253 Å². The maximum atomic E-state index is 12.7. The van der Waals surface area contributed by atoms with Gasteiger partial charge >= 0.3 is 0 Å². The van der Waals surface area contributed by atoms with Gasteiger partial charge in [-0.3, -0.25) is 19.2 Å². The first-order valence-corrected chi connectivity index (χ1v) is 18.0. The van der Waals surface area contributed by atoms with Gasteiger partial charge in [0, 0.05) is 38.1 Å². The molecule has 0 bridgehead atoms. The summed E-state index contributed by atoms with van der Waals surface area (Å²) < 4.78 is 0.799. The van der Waals surface area contributed by atoms with Gasteiger partial charge in [-0.1, -0.05) is 97.3 Å². The Hall–Kier alpha value is -1.17. The molecule has 7 nitrogen and oxygen atoms in total. The van der Waals surface area contributed by atoms with Gasteiger partial charge in [-0.05, 0) is 25.7 Å². The van der Waals surface area contributed by atoms with Crippen LogP contribution in [-0.2, 0) is 19.2 Å². The maximum absolute atomic E-state index is 12.7. The van der Waals surface area contributed by atoms with Gasteiger partial charge in [-0.2, -0.15) is 0 Å². The van der Waals surface area contributed by atoms with Crippen LogP contribution >= 0.6 is 8.15 Å². The van der Waals surface area contributed by atoms with Crippen LogP contribution in [0.5, 0.6) is 0 Å². The second kappa shape index (κ2) is 25.3. The second-order valence-electron chi connectivity index (χ2n) is 12.9. The van der Waals surface area contributed by atoms with Crippen molar-refractivity contribution in [2.45, 2.75) is 161 Å². The maximum Gasteiger partial charge on any atom is 0.220 e. The number of ketones is 1. The van der Waals surface area contributed by atoms with Crippen LogP contribution in [0.1, 0.15) is 155 Å². The molecule has 240 valence electrons. The van der Waals surface area contributed by atoms with Gasteiger partial charge in [0.1, 0.15) is 5.78 Å². The molecule has 2 atom stereocenters. The standard InChI is InChI=1S/C33H63N2O5P/c1-6-8-9-10-11-12-13-14-15-16-17-18-19-20-24-30(36)27-29(34-31(37)23-7-2)28-33(39)41(40)32(38)25-21-22-26-35(3,4)5/h29,40H,6-28H2,1-5H3/p+1. The molecule has 0 saturated heterocycles. The minimum atomic E-state index is -2.41. The zero-order chi connectivity index (χ0) is 30.9. The van der Waals surface area contributed by atoms with Crippen LogP contribution in [0.25, 0.3) is 0 Å². The third kappa shape index (κ3) is 25.1. The molecule has 0 aliphatic heterocycles. The molecule has 0 aromatic carbocycles. The molecule has 0 rings (SSSR count). The van der Waals surface area contributed by atoms with E-state index in [4.69, 9.17) is 0 Å². The summed E-state index contributed by atoms with van der Waals surface area (Å²) >= 11 is 0. The molecule has 1 amide bonds. The van der Waals surface area contributed by atoms with Crippen molar-refractivity contribution in [2.75, 3.05) is 27.7 Å². The molecule has 0 aromatic rings. The zero-order valence-electron chi connectivity index (χ0n) is 27.3. The third-order valence-corrected chi connectivity index (χ3v) is 8.84. The van der Waals surface area contributed by atoms with Crippen LogP contribution in [0.15, 0.2) is 0 Å². The van der Waals surface area contributed by atoms with Gasteiger partial charge in [0.2, 0.25) is 5.91 Å². The van der Waals surface area contributed by atoms with Gasteiger partial charge in [-0.15, -0.1) is 0 Å². The van der Waals surface area contributed by atoms with Gasteiger partial charge in [0.25, 0.3) is 0 Å². The first-order chi connectivity index (χ1) is 19.5. The summed E-state index contributed by atoms with van der Waals surface area (Å²) in [6, 6.07) is -0.663. The van der Waals surface area contributed by atoms with E-state index in [1.54, 1.807) is 0 Å². The predicted octanol–water partition coefficient (Wildman–Crippen LogP) is 7.81. The summed E-state index contributed by atoms with van der Waals surface area (Å²) in [5.74, 6) is -0.184. The fourth-order valence-corrected chi connectivity index (χ4v) is 6.04. The average molecular weight is 600 g/mol. The first kappa shape index (κ1) is 39.8. The lowest BCUT2D eigenvalue weighted by Crippen LogP contribution is -2.38. The van der Waals surface area contributed by atoms with E-state index in [0.717, 1.165) is 36.7 Å². The molecule has 2 unspecified atom stereocenters. The fourth-order valence-electron chi connectivity index (χ4n) is 5.00. The van der Waals surface area contributed by atoms with Gasteiger partial charge in [0.15, 0.2) is 19.2 Å². The summed E-state index contributed by atoms with van der Waals surface area (Å²) in [6.07, 6.45) is 20.6. The van der Waals surface area contributed by atoms with Crippen molar-refractivity contribution in [3.8, 4) is 0 Å². The van der Waals surface area contributed by atoms with Crippen LogP contribution in [0.2, 0.25) is 0 Å². The number of rotatable bonds is 29. The SMILES string of the molecule is CCCCCCCCCCCCCCCCC(=O)CC(CC(=O)P(O)C(=O)CCCC[N+](C)(C)C)NC(=O)CCC. The number of carbonyl (C=O) groups excluding carboxylic acids is 4. The Morgan fingerprint density at radius 1 is 0.610 bits per heavy atom. The first-order valence-electron chi connectivity index (χ1n) is 16.7. The van der Waals surface area contributed by atoms with Gasteiger partial charge < -0.3 is 14.7 Å². The van der Waals surface area contributed by atoms with Crippen molar-refractivity contribution in [2.24, 2.45) is 0 Å². The molecule has 0 spiro atoms. The minimum absolute atomic E-state index is 0.0208. The van der Waals surface area contributed by atoms with Crippen molar-refractivity contribution < 1.29 is 28.6 Å². The highest BCUT2D eigenvalue weighted by Crippen LogP contribution is 2.36. The van der Waals surface area contributed by atoms with Crippen LogP contribution in [0, 0.1) is 0 Å². The zero-order valence-corrected chi connectivity index (χ0v) is 28.2. The number of hydrogen-bond acceptors (Lipinski definition) is 5. The van der Waals surface area contributed by atoms with E-state index in [1.165, 1.54) is 70.6 Å². The van der Waals surface area contributed by atoms with Crippen LogP contribution in [-0.4, -0.2) is 65.8 Å². The number of amides is 1. The number of hydrogen-bond donors (Lipinski definition) is 2. The number of nitrogens with one attached hydrogen (secondary N) is 1. The van der Waals surface area contributed by atoms with E-state index >= 15 is 0 Å². The minimum Gasteiger partial charge on any atom is -0.360 e. The Morgan fingerprint density at radius 2 is 1.10 bits per heavy atom. The van der Waals surface area contributed by atoms with Gasteiger partial charge in [-0.25, -0.2) is 0 Å². The van der Waals surface area contributed by atoms with E-state index in [2.05, 4.69) is 33.4 Å². The molecule has 8 heteroatoms. The van der Waals surface area contributed by atoms with Gasteiger partial charge in [0.05, 0.1) is 27.7 Å². The Balaban J connectivity index is 4.30. The van der Waals surface area contributed by atoms with Crippen molar-refractivity contribution in [3.63, 3.8) is 0 Å². The number of nitrogens with zero attached hydrogens (tertiary/aromatic N) is 1. The topological polar surface area (TPSA) is 101 Å². The van der Waals surface area contributed by atoms with E-state index in [9.17, 15) is 24.1 Å². The lowest BCUT2D eigenvalue weighted by molar-refractivity contribution is -0.870. The lowest BCUT2D eigenvalue weighted by atomic mass is 10.0. The highest BCUT2D eigenvalue weighted by molar-refractivity contribution is 7.84.